The van der Waals surface area contributed by atoms with Crippen molar-refractivity contribution < 1.29 is 0 Å². The van der Waals surface area contributed by atoms with Crippen LogP contribution in [0.15, 0.2) is 79.5 Å². The molecule has 1 aliphatic heterocycles. The number of fused-ring (bicyclic) bond motifs is 1. The Balaban J connectivity index is 0.000000417. The summed E-state index contributed by atoms with van der Waals surface area (Å²) in [6.45, 7) is 36.0. The minimum atomic E-state index is -0.770. The van der Waals surface area contributed by atoms with Gasteiger partial charge in [0.1, 0.15) is 0 Å². The number of benzene rings is 1. The number of nitrogens with two attached hydrogens (primary N) is 3. The van der Waals surface area contributed by atoms with Gasteiger partial charge in [-0.2, -0.15) is 0 Å². The van der Waals surface area contributed by atoms with Crippen LogP contribution in [0.4, 0.5) is 4.90 Å². The second kappa shape index (κ2) is 25.7. The van der Waals surface area contributed by atoms with Gasteiger partial charge in [0, 0.05) is 24.0 Å². The fourth-order valence-electron chi connectivity index (χ4n) is 6.63. The molecule has 1 saturated carbocycles. The molecule has 316 valence electrons. The number of likely N-dealkylation sites (tertiary alicyclic amines) is 1. The number of pyridine rings is 1. The molecular formula is C49H76BN6PS. The van der Waals surface area contributed by atoms with Gasteiger partial charge in [-0.25, -0.2) is 0 Å². The van der Waals surface area contributed by atoms with Crippen LogP contribution in [0.3, 0.4) is 0 Å². The van der Waals surface area contributed by atoms with Gasteiger partial charge in [0.25, 0.3) is 0 Å². The van der Waals surface area contributed by atoms with Crippen LogP contribution in [0.25, 0.3) is 22.1 Å². The van der Waals surface area contributed by atoms with Crippen molar-refractivity contribution in [1.29, 1.82) is 0 Å². The number of allylic oxidation sites excluding steroid dienone is 2. The van der Waals surface area contributed by atoms with E-state index in [2.05, 4.69) is 153 Å². The first-order chi connectivity index (χ1) is 27.3. The minimum absolute atomic E-state index is 0.0279. The summed E-state index contributed by atoms with van der Waals surface area (Å²) in [5.41, 5.74) is 25.2. The fraction of sp³-hybridized carbons (Fsp3) is 0.490. The Morgan fingerprint density at radius 1 is 1.16 bits per heavy atom. The van der Waals surface area contributed by atoms with E-state index in [1.165, 1.54) is 24.8 Å². The molecule has 1 aliphatic carbocycles. The summed E-state index contributed by atoms with van der Waals surface area (Å²) in [6.07, 6.45) is 31.3. The SMILES string of the molecule is C#C.C#Cc1cc(-c2bc(NC(C)C)sc2)nc2cc(CC)ccc12.C=C(N)C1CCCN1C(=C)[C@@H](N)C(C)(C)C.C=CCCCCCN.C=C[C@@H]1CC1P(=C)(C)C. The number of aromatic nitrogens is 1. The molecule has 0 amide bonds. The Bertz CT molecular complexity index is 1870. The smallest absolute Gasteiger partial charge is 0.0678 e. The number of hydrogen-bond acceptors (Lipinski definition) is 7. The maximum atomic E-state index is 6.22. The third-order valence-electron chi connectivity index (χ3n) is 10.2. The summed E-state index contributed by atoms with van der Waals surface area (Å²) in [5, 5.41) is 6.60. The van der Waals surface area contributed by atoms with E-state index in [1.807, 2.05) is 12.1 Å². The number of hydrogen-bond donors (Lipinski definition) is 4. The summed E-state index contributed by atoms with van der Waals surface area (Å²) in [6, 6.07) is 8.96. The Morgan fingerprint density at radius 3 is 2.31 bits per heavy atom. The predicted molar refractivity (Wildman–Crippen MR) is 268 cm³/mol. The number of nitrogens with one attached hydrogen (secondary N) is 1. The molecule has 2 aromatic heterocycles. The average Bonchev–Trinajstić information content (AvgIpc) is 3.60. The molecule has 7 N–H and O–H groups in total. The van der Waals surface area contributed by atoms with Crippen LogP contribution >= 0.6 is 18.2 Å². The van der Waals surface area contributed by atoms with Crippen molar-refractivity contribution in [3.8, 4) is 36.3 Å². The van der Waals surface area contributed by atoms with Crippen molar-refractivity contribution in [2.75, 3.05) is 31.7 Å². The number of terminal acetylenes is 2. The number of anilines is 1. The second-order valence-electron chi connectivity index (χ2n) is 17.1. The zero-order chi connectivity index (χ0) is 44.2. The summed E-state index contributed by atoms with van der Waals surface area (Å²) in [5.74, 6) is 3.62. The Hall–Kier alpha value is -3.78. The van der Waals surface area contributed by atoms with Crippen LogP contribution in [0.5, 0.6) is 0 Å². The van der Waals surface area contributed by atoms with Gasteiger partial charge in [-0.3, -0.25) is 0 Å². The number of aryl methyl sites for hydroxylation is 1. The first-order valence-electron chi connectivity index (χ1n) is 20.7. The molecule has 4 atom stereocenters. The topological polar surface area (TPSA) is 106 Å². The Kier molecular flexibility index (Phi) is 23.1. The quantitative estimate of drug-likeness (QED) is 0.0559. The van der Waals surface area contributed by atoms with E-state index in [9.17, 15) is 0 Å². The standard InChI is InChI=1S/C19H19BN2S.C13H25N3.C8H15P.C7H15N.C2H2/c1-5-13-7-8-15-14(6-2)10-18(22-17(15)9-13)16-11-23-19(20-16)21-12(3)4;1-9(14)11-7-6-8-16(11)10(2)12(15)13(3,4)5;1-5-7-6-8(7)9(2,3)4;1-2-3-4-5-6-7-8;1-2/h2,7-12,21H,5H2,1,3-4H3;11-12H,1-2,6-8,14-15H2,3-5H3;5,7-8H,1-2,6H2,3-4H3;2H,1,3-8H2;1-2H/t;11?,12-;7-,8?;;/m.11../s1. The van der Waals surface area contributed by atoms with E-state index < -0.39 is 6.89 Å². The molecule has 2 unspecified atom stereocenters. The van der Waals surface area contributed by atoms with E-state index in [-0.39, 0.29) is 17.5 Å². The van der Waals surface area contributed by atoms with Gasteiger partial charge in [0.15, 0.2) is 0 Å². The molecule has 2 aliphatic rings. The molecule has 6 nitrogen and oxygen atoms in total. The second-order valence-corrected chi connectivity index (χ2v) is 22.2. The van der Waals surface area contributed by atoms with Gasteiger partial charge in [-0.05, 0) is 75.4 Å². The summed E-state index contributed by atoms with van der Waals surface area (Å²) in [7, 11) is 0. The average molecular weight is 823 g/mol. The number of unbranched alkanes of at least 4 members (excludes halogenated alkanes) is 3. The van der Waals surface area contributed by atoms with E-state index >= 15 is 0 Å². The van der Waals surface area contributed by atoms with Crippen LogP contribution < -0.4 is 22.5 Å². The molecule has 58 heavy (non-hydrogen) atoms. The normalized spacial score (nSPS) is 17.2. The van der Waals surface area contributed by atoms with Gasteiger partial charge in [0.2, 0.25) is 0 Å². The van der Waals surface area contributed by atoms with E-state index in [4.69, 9.17) is 28.6 Å². The van der Waals surface area contributed by atoms with Crippen LogP contribution in [0.2, 0.25) is 0 Å². The maximum absolute atomic E-state index is 6.22. The van der Waals surface area contributed by atoms with Crippen molar-refractivity contribution in [1.82, 2.24) is 9.88 Å². The van der Waals surface area contributed by atoms with E-state index in [0.29, 0.717) is 6.04 Å². The molecule has 5 rings (SSSR count). The predicted octanol–water partition coefficient (Wildman–Crippen LogP) is 10.7. The summed E-state index contributed by atoms with van der Waals surface area (Å²) >= 11 is 1.70. The third-order valence-corrected chi connectivity index (χ3v) is 13.5. The van der Waals surface area contributed by atoms with Crippen molar-refractivity contribution in [2.45, 2.75) is 117 Å². The minimum Gasteiger partial charge on any atom is -0.401 e. The summed E-state index contributed by atoms with van der Waals surface area (Å²) < 4.78 is 0. The summed E-state index contributed by atoms with van der Waals surface area (Å²) in [4.78, 5) is 8.21. The first-order valence-corrected chi connectivity index (χ1v) is 24.5. The molecule has 3 heterocycles. The third kappa shape index (κ3) is 17.2. The van der Waals surface area contributed by atoms with E-state index in [0.717, 1.165) is 101 Å². The molecule has 1 aromatic carbocycles. The van der Waals surface area contributed by atoms with Crippen molar-refractivity contribution in [2.24, 2.45) is 28.5 Å². The van der Waals surface area contributed by atoms with Crippen LogP contribution in [-0.2, 0) is 6.42 Å². The van der Waals surface area contributed by atoms with Crippen LogP contribution in [-0.4, -0.2) is 73.3 Å². The molecule has 9 heteroatoms. The molecule has 0 bridgehead atoms. The van der Waals surface area contributed by atoms with Gasteiger partial charge < -0.3 is 22.1 Å². The van der Waals surface area contributed by atoms with Gasteiger partial charge in [-0.1, -0.05) is 52.5 Å². The molecule has 0 radical (unpaired) electrons. The van der Waals surface area contributed by atoms with Crippen molar-refractivity contribution in [3.63, 3.8) is 0 Å². The molecule has 0 spiro atoms. The van der Waals surface area contributed by atoms with Crippen molar-refractivity contribution >= 4 is 47.2 Å². The molecular weight excluding hydrogens is 746 g/mol. The number of rotatable bonds is 14. The van der Waals surface area contributed by atoms with Gasteiger partial charge in [0.05, 0.1) is 6.04 Å². The Labute approximate surface area is 359 Å². The molecule has 3 aromatic rings. The molecule has 1 saturated heterocycles. The van der Waals surface area contributed by atoms with Gasteiger partial charge >= 0.3 is 142 Å². The largest absolute Gasteiger partial charge is 0.401 e. The zero-order valence-electron chi connectivity index (χ0n) is 37.3. The van der Waals surface area contributed by atoms with Gasteiger partial charge in [-0.15, -0.1) is 39.2 Å². The maximum Gasteiger partial charge on any atom is 0.0678 e. The first kappa shape index (κ1) is 52.2. The fourth-order valence-corrected chi connectivity index (χ4v) is 9.55. The van der Waals surface area contributed by atoms with Crippen LogP contribution in [0, 0.1) is 36.5 Å². The van der Waals surface area contributed by atoms with Crippen LogP contribution in [0.1, 0.15) is 97.6 Å². The number of nitrogens with zero attached hydrogens (tertiary/aromatic N) is 2. The van der Waals surface area contributed by atoms with Crippen molar-refractivity contribution in [3.05, 3.63) is 90.6 Å². The zero-order valence-corrected chi connectivity index (χ0v) is 39.0. The van der Waals surface area contributed by atoms with E-state index in [1.54, 1.807) is 11.3 Å². The monoisotopic (exact) mass is 823 g/mol. The Morgan fingerprint density at radius 2 is 1.83 bits per heavy atom. The molecule has 2 fully saturated rings.